The van der Waals surface area contributed by atoms with Gasteiger partial charge in [-0.2, -0.15) is 0 Å². The molecule has 0 N–H and O–H groups in total. The first-order valence-electron chi connectivity index (χ1n) is 11.4. The lowest BCUT2D eigenvalue weighted by molar-refractivity contribution is -0.128. The van der Waals surface area contributed by atoms with E-state index in [0.29, 0.717) is 17.5 Å². The van der Waals surface area contributed by atoms with E-state index in [2.05, 4.69) is 46.3 Å². The Morgan fingerprint density at radius 2 is 1.79 bits per heavy atom. The number of thioether (sulfide) groups is 1. The number of para-hydroxylation sites is 1. The summed E-state index contributed by atoms with van der Waals surface area (Å²) >= 11 is 1.43. The van der Waals surface area contributed by atoms with Crippen LogP contribution in [-0.2, 0) is 11.3 Å². The Kier molecular flexibility index (Phi) is 6.67. The molecule has 7 nitrogen and oxygen atoms in total. The zero-order valence-corrected chi connectivity index (χ0v) is 19.9. The monoisotopic (exact) mass is 473 g/mol. The summed E-state index contributed by atoms with van der Waals surface area (Å²) in [6, 6.07) is 22.4. The molecule has 1 aliphatic rings. The van der Waals surface area contributed by atoms with Gasteiger partial charge in [-0.3, -0.25) is 9.36 Å². The number of hydrogen-bond donors (Lipinski definition) is 0. The predicted octanol–water partition coefficient (Wildman–Crippen LogP) is 4.34. The van der Waals surface area contributed by atoms with Crippen LogP contribution < -0.4 is 4.90 Å². The fourth-order valence-electron chi connectivity index (χ4n) is 4.16. The average Bonchev–Trinajstić information content (AvgIpc) is 3.54. The van der Waals surface area contributed by atoms with Crippen LogP contribution in [0.5, 0.6) is 0 Å². The molecule has 34 heavy (non-hydrogen) atoms. The summed E-state index contributed by atoms with van der Waals surface area (Å²) in [6.07, 6.45) is 1.66. The number of carbonyl (C=O) groups excluding carboxylic acids is 1. The highest BCUT2D eigenvalue weighted by Crippen LogP contribution is 2.26. The molecule has 0 spiro atoms. The zero-order chi connectivity index (χ0) is 23.3. The lowest BCUT2D eigenvalue weighted by Crippen LogP contribution is -2.49. The molecule has 2 aromatic heterocycles. The van der Waals surface area contributed by atoms with Gasteiger partial charge in [0.1, 0.15) is 5.76 Å². The van der Waals surface area contributed by atoms with Gasteiger partial charge in [0.25, 0.3) is 0 Å². The lowest BCUT2D eigenvalue weighted by atomic mass is 10.1. The molecular formula is C26H27N5O2S. The largest absolute Gasteiger partial charge is 0.467 e. The van der Waals surface area contributed by atoms with Crippen molar-refractivity contribution in [3.63, 3.8) is 0 Å². The van der Waals surface area contributed by atoms with Crippen molar-refractivity contribution in [3.05, 3.63) is 84.3 Å². The highest BCUT2D eigenvalue weighted by atomic mass is 32.2. The van der Waals surface area contributed by atoms with Gasteiger partial charge in [-0.05, 0) is 37.3 Å². The Morgan fingerprint density at radius 3 is 2.53 bits per heavy atom. The van der Waals surface area contributed by atoms with Crippen molar-refractivity contribution in [2.45, 2.75) is 18.6 Å². The van der Waals surface area contributed by atoms with Crippen LogP contribution in [0.2, 0.25) is 0 Å². The van der Waals surface area contributed by atoms with Crippen molar-refractivity contribution in [3.8, 4) is 11.4 Å². The average molecular weight is 474 g/mol. The van der Waals surface area contributed by atoms with Gasteiger partial charge < -0.3 is 14.2 Å². The first-order chi connectivity index (χ1) is 16.7. The fourth-order valence-corrected chi connectivity index (χ4v) is 5.01. The van der Waals surface area contributed by atoms with Crippen molar-refractivity contribution >= 4 is 23.4 Å². The van der Waals surface area contributed by atoms with Gasteiger partial charge in [0.2, 0.25) is 5.91 Å². The third-order valence-corrected chi connectivity index (χ3v) is 6.92. The van der Waals surface area contributed by atoms with Crippen LogP contribution in [-0.4, -0.2) is 57.5 Å². The summed E-state index contributed by atoms with van der Waals surface area (Å²) in [7, 11) is 0. The zero-order valence-electron chi connectivity index (χ0n) is 19.1. The highest BCUT2D eigenvalue weighted by molar-refractivity contribution is 7.99. The van der Waals surface area contributed by atoms with Crippen LogP contribution in [0.1, 0.15) is 11.3 Å². The third-order valence-electron chi connectivity index (χ3n) is 5.97. The maximum atomic E-state index is 13.0. The molecule has 0 unspecified atom stereocenters. The number of aryl methyl sites for hydroxylation is 1. The second-order valence-electron chi connectivity index (χ2n) is 8.33. The Morgan fingerprint density at radius 1 is 0.971 bits per heavy atom. The Hall–Kier alpha value is -3.52. The van der Waals surface area contributed by atoms with E-state index in [-0.39, 0.29) is 5.91 Å². The standard InChI is InChI=1S/C26H27N5O2S/c1-20-7-5-8-21(17-20)25-27-28-26(31(25)18-23-11-6-16-33-23)34-19-24(32)30-14-12-29(13-15-30)22-9-3-2-4-10-22/h2-11,16-17H,12-15,18-19H2,1H3. The van der Waals surface area contributed by atoms with Crippen LogP contribution >= 0.6 is 11.8 Å². The molecule has 8 heteroatoms. The number of carbonyl (C=O) groups is 1. The Labute approximate surface area is 203 Å². The second kappa shape index (κ2) is 10.2. The first-order valence-corrected chi connectivity index (χ1v) is 12.4. The molecule has 3 heterocycles. The summed E-state index contributed by atoms with van der Waals surface area (Å²) in [5, 5.41) is 9.60. The van der Waals surface area contributed by atoms with Gasteiger partial charge in [-0.15, -0.1) is 10.2 Å². The van der Waals surface area contributed by atoms with Crippen molar-refractivity contribution in [2.24, 2.45) is 0 Å². The normalized spacial score (nSPS) is 13.9. The van der Waals surface area contributed by atoms with E-state index < -0.39 is 0 Å². The summed E-state index contributed by atoms with van der Waals surface area (Å²) in [5.74, 6) is 2.04. The number of benzene rings is 2. The number of rotatable bonds is 7. The molecule has 0 saturated carbocycles. The molecule has 1 amide bonds. The van der Waals surface area contributed by atoms with E-state index in [4.69, 9.17) is 4.42 Å². The number of nitrogens with zero attached hydrogens (tertiary/aromatic N) is 5. The molecule has 0 bridgehead atoms. The summed E-state index contributed by atoms with van der Waals surface area (Å²) in [6.45, 7) is 5.70. The Balaban J connectivity index is 1.26. The molecule has 0 aliphatic carbocycles. The summed E-state index contributed by atoms with van der Waals surface area (Å²) < 4.78 is 7.60. The smallest absolute Gasteiger partial charge is 0.233 e. The second-order valence-corrected chi connectivity index (χ2v) is 9.28. The first kappa shape index (κ1) is 22.3. The van der Waals surface area contributed by atoms with E-state index in [0.717, 1.165) is 48.9 Å². The van der Waals surface area contributed by atoms with E-state index in [1.54, 1.807) is 6.26 Å². The van der Waals surface area contributed by atoms with Crippen molar-refractivity contribution in [1.29, 1.82) is 0 Å². The number of aromatic nitrogens is 3. The molecule has 0 radical (unpaired) electrons. The van der Waals surface area contributed by atoms with Gasteiger partial charge in [0.05, 0.1) is 18.6 Å². The van der Waals surface area contributed by atoms with Gasteiger partial charge in [-0.25, -0.2) is 0 Å². The number of piperazine rings is 1. The molecule has 4 aromatic rings. The third kappa shape index (κ3) is 5.02. The van der Waals surface area contributed by atoms with Gasteiger partial charge in [0, 0.05) is 37.4 Å². The minimum atomic E-state index is 0.127. The molecule has 1 saturated heterocycles. The SMILES string of the molecule is Cc1cccc(-c2nnc(SCC(=O)N3CCN(c4ccccc4)CC3)n2Cc2ccco2)c1. The molecule has 2 aromatic carbocycles. The van der Waals surface area contributed by atoms with Crippen LogP contribution in [0.15, 0.2) is 82.6 Å². The number of furan rings is 1. The highest BCUT2D eigenvalue weighted by Gasteiger charge is 2.23. The summed E-state index contributed by atoms with van der Waals surface area (Å²) in [5.41, 5.74) is 3.36. The van der Waals surface area contributed by atoms with E-state index >= 15 is 0 Å². The molecule has 1 aliphatic heterocycles. The van der Waals surface area contributed by atoms with E-state index in [9.17, 15) is 4.79 Å². The molecular weight excluding hydrogens is 446 g/mol. The van der Waals surface area contributed by atoms with Crippen molar-refractivity contribution in [1.82, 2.24) is 19.7 Å². The molecule has 174 valence electrons. The van der Waals surface area contributed by atoms with Crippen LogP contribution in [0.25, 0.3) is 11.4 Å². The summed E-state index contributed by atoms with van der Waals surface area (Å²) in [4.78, 5) is 17.2. The number of amides is 1. The topological polar surface area (TPSA) is 67.4 Å². The Bertz CT molecular complexity index is 1230. The van der Waals surface area contributed by atoms with Crippen LogP contribution in [0.3, 0.4) is 0 Å². The van der Waals surface area contributed by atoms with Crippen molar-refractivity contribution < 1.29 is 9.21 Å². The van der Waals surface area contributed by atoms with Gasteiger partial charge in [0.15, 0.2) is 11.0 Å². The molecule has 1 fully saturated rings. The van der Waals surface area contributed by atoms with Crippen LogP contribution in [0, 0.1) is 6.92 Å². The van der Waals surface area contributed by atoms with E-state index in [1.807, 2.05) is 51.9 Å². The number of hydrogen-bond acceptors (Lipinski definition) is 6. The van der Waals surface area contributed by atoms with Gasteiger partial charge >= 0.3 is 0 Å². The lowest BCUT2D eigenvalue weighted by Gasteiger charge is -2.36. The van der Waals surface area contributed by atoms with Crippen molar-refractivity contribution in [2.75, 3.05) is 36.8 Å². The molecule has 5 rings (SSSR count). The maximum absolute atomic E-state index is 13.0. The minimum absolute atomic E-state index is 0.127. The quantitative estimate of drug-likeness (QED) is 0.372. The molecule has 0 atom stereocenters. The van der Waals surface area contributed by atoms with Crippen LogP contribution in [0.4, 0.5) is 5.69 Å². The van der Waals surface area contributed by atoms with E-state index in [1.165, 1.54) is 17.4 Å². The minimum Gasteiger partial charge on any atom is -0.467 e. The predicted molar refractivity (Wildman–Crippen MR) is 134 cm³/mol. The van der Waals surface area contributed by atoms with Gasteiger partial charge in [-0.1, -0.05) is 53.7 Å². The maximum Gasteiger partial charge on any atom is 0.233 e. The number of anilines is 1. The fraction of sp³-hybridized carbons (Fsp3) is 0.269.